The molecule has 0 spiro atoms. The number of rotatable bonds is 2. The fraction of sp³-hybridized carbons (Fsp3) is 0.0769. The highest BCUT2D eigenvalue weighted by Crippen LogP contribution is 2.28. The molecule has 1 nitrogen and oxygen atoms in total. The lowest BCUT2D eigenvalue weighted by Crippen LogP contribution is -1.94. The summed E-state index contributed by atoms with van der Waals surface area (Å²) in [5.74, 6) is -2.64. The Hall–Kier alpha value is -1.97. The molecule has 0 aliphatic heterocycles. The summed E-state index contributed by atoms with van der Waals surface area (Å²) in [7, 11) is 0. The van der Waals surface area contributed by atoms with Crippen LogP contribution in [-0.4, -0.2) is 0 Å². The summed E-state index contributed by atoms with van der Waals surface area (Å²) in [5.41, 5.74) is 0.451. The largest absolute Gasteiger partial charge is 0.451 e. The van der Waals surface area contributed by atoms with Crippen molar-refractivity contribution < 1.29 is 17.9 Å². The van der Waals surface area contributed by atoms with Gasteiger partial charge >= 0.3 is 0 Å². The van der Waals surface area contributed by atoms with Crippen LogP contribution in [0.25, 0.3) is 0 Å². The Morgan fingerprint density at radius 2 is 1.59 bits per heavy atom. The van der Waals surface area contributed by atoms with E-state index in [4.69, 9.17) is 4.74 Å². The number of aryl methyl sites for hydroxylation is 1. The molecule has 0 saturated heterocycles. The van der Waals surface area contributed by atoms with Gasteiger partial charge in [-0.2, -0.15) is 0 Å². The molecule has 0 aliphatic rings. The first-order valence-corrected chi connectivity index (χ1v) is 4.95. The van der Waals surface area contributed by atoms with Crippen LogP contribution < -0.4 is 4.74 Å². The van der Waals surface area contributed by atoms with Gasteiger partial charge in [0.25, 0.3) is 0 Å². The molecule has 2 rings (SSSR count). The molecule has 0 N–H and O–H groups in total. The Bertz CT molecular complexity index is 529. The molecule has 0 bridgehead atoms. The highest BCUT2D eigenvalue weighted by atomic mass is 19.1. The highest BCUT2D eigenvalue weighted by Gasteiger charge is 2.12. The van der Waals surface area contributed by atoms with E-state index in [2.05, 4.69) is 0 Å². The highest BCUT2D eigenvalue weighted by molar-refractivity contribution is 5.35. The average molecular weight is 238 g/mol. The van der Waals surface area contributed by atoms with E-state index in [1.807, 2.05) is 0 Å². The van der Waals surface area contributed by atoms with Crippen LogP contribution in [0, 0.1) is 24.4 Å². The maximum absolute atomic E-state index is 13.4. The monoisotopic (exact) mass is 238 g/mol. The van der Waals surface area contributed by atoms with E-state index in [0.29, 0.717) is 5.56 Å². The quantitative estimate of drug-likeness (QED) is 0.761. The van der Waals surface area contributed by atoms with Crippen molar-refractivity contribution in [2.75, 3.05) is 0 Å². The average Bonchev–Trinajstić information content (AvgIpc) is 2.23. The van der Waals surface area contributed by atoms with Crippen molar-refractivity contribution in [1.29, 1.82) is 0 Å². The second-order valence-electron chi connectivity index (χ2n) is 3.62. The van der Waals surface area contributed by atoms with Crippen molar-refractivity contribution in [3.8, 4) is 11.5 Å². The molecule has 88 valence electrons. The van der Waals surface area contributed by atoms with E-state index in [1.54, 1.807) is 6.92 Å². The van der Waals surface area contributed by atoms with Crippen LogP contribution in [0.1, 0.15) is 5.56 Å². The van der Waals surface area contributed by atoms with E-state index in [1.165, 1.54) is 18.2 Å². The van der Waals surface area contributed by atoms with Gasteiger partial charge in [-0.15, -0.1) is 0 Å². The van der Waals surface area contributed by atoms with Crippen LogP contribution in [0.4, 0.5) is 13.2 Å². The molecule has 2 aromatic rings. The SMILES string of the molecule is Cc1cc(F)c(Oc2cccc(F)c2)c(F)c1. The third-order valence-electron chi connectivity index (χ3n) is 2.16. The molecule has 0 aromatic heterocycles. The van der Waals surface area contributed by atoms with Crippen LogP contribution in [0.15, 0.2) is 36.4 Å². The van der Waals surface area contributed by atoms with E-state index in [-0.39, 0.29) is 5.75 Å². The van der Waals surface area contributed by atoms with E-state index >= 15 is 0 Å². The first-order chi connectivity index (χ1) is 8.06. The summed E-state index contributed by atoms with van der Waals surface area (Å²) in [6.07, 6.45) is 0. The molecule has 17 heavy (non-hydrogen) atoms. The zero-order valence-electron chi connectivity index (χ0n) is 9.01. The Morgan fingerprint density at radius 1 is 0.941 bits per heavy atom. The lowest BCUT2D eigenvalue weighted by Gasteiger charge is -2.08. The summed E-state index contributed by atoms with van der Waals surface area (Å²) < 4.78 is 44.7. The van der Waals surface area contributed by atoms with Gasteiger partial charge in [-0.25, -0.2) is 13.2 Å². The maximum Gasteiger partial charge on any atom is 0.198 e. The van der Waals surface area contributed by atoms with Crippen molar-refractivity contribution in [3.05, 3.63) is 59.4 Å². The lowest BCUT2D eigenvalue weighted by molar-refractivity contribution is 0.404. The molecule has 0 heterocycles. The van der Waals surface area contributed by atoms with Crippen LogP contribution >= 0.6 is 0 Å². The van der Waals surface area contributed by atoms with Gasteiger partial charge < -0.3 is 4.74 Å². The van der Waals surface area contributed by atoms with Crippen LogP contribution in [0.3, 0.4) is 0 Å². The molecule has 0 unspecified atom stereocenters. The van der Waals surface area contributed by atoms with Gasteiger partial charge in [0.1, 0.15) is 11.6 Å². The third kappa shape index (κ3) is 2.58. The van der Waals surface area contributed by atoms with Crippen LogP contribution in [0.2, 0.25) is 0 Å². The van der Waals surface area contributed by atoms with Crippen molar-refractivity contribution in [1.82, 2.24) is 0 Å². The van der Waals surface area contributed by atoms with Gasteiger partial charge in [0.05, 0.1) is 0 Å². The number of halogens is 3. The van der Waals surface area contributed by atoms with E-state index < -0.39 is 23.2 Å². The van der Waals surface area contributed by atoms with Gasteiger partial charge in [0, 0.05) is 6.07 Å². The lowest BCUT2D eigenvalue weighted by atomic mass is 10.2. The molecule has 0 aliphatic carbocycles. The second-order valence-corrected chi connectivity index (χ2v) is 3.62. The van der Waals surface area contributed by atoms with Gasteiger partial charge in [0.15, 0.2) is 17.4 Å². The number of hydrogen-bond acceptors (Lipinski definition) is 1. The molecular weight excluding hydrogens is 229 g/mol. The van der Waals surface area contributed by atoms with Gasteiger partial charge in [-0.1, -0.05) is 6.07 Å². The Kier molecular flexibility index (Phi) is 3.04. The molecule has 2 aromatic carbocycles. The molecule has 0 radical (unpaired) electrons. The van der Waals surface area contributed by atoms with Gasteiger partial charge in [-0.05, 0) is 36.8 Å². The Labute approximate surface area is 96.5 Å². The molecule has 4 heteroatoms. The Morgan fingerprint density at radius 3 is 2.18 bits per heavy atom. The van der Waals surface area contributed by atoms with Crippen molar-refractivity contribution in [2.24, 2.45) is 0 Å². The summed E-state index contributed by atoms with van der Waals surface area (Å²) in [6, 6.07) is 7.39. The van der Waals surface area contributed by atoms with E-state index in [9.17, 15) is 13.2 Å². The maximum atomic E-state index is 13.4. The third-order valence-corrected chi connectivity index (χ3v) is 2.16. The number of benzene rings is 2. The summed E-state index contributed by atoms with van der Waals surface area (Å²) in [4.78, 5) is 0. The zero-order chi connectivity index (χ0) is 12.4. The number of hydrogen-bond donors (Lipinski definition) is 0. The second kappa shape index (κ2) is 4.49. The minimum absolute atomic E-state index is 0.0478. The Balaban J connectivity index is 2.36. The van der Waals surface area contributed by atoms with Crippen molar-refractivity contribution in [2.45, 2.75) is 6.92 Å². The topological polar surface area (TPSA) is 9.23 Å². The molecule has 0 saturated carbocycles. The first-order valence-electron chi connectivity index (χ1n) is 4.95. The van der Waals surface area contributed by atoms with Crippen molar-refractivity contribution >= 4 is 0 Å². The summed E-state index contributed by atoms with van der Waals surface area (Å²) >= 11 is 0. The first kappa shape index (κ1) is 11.5. The fourth-order valence-corrected chi connectivity index (χ4v) is 1.43. The minimum atomic E-state index is -0.813. The zero-order valence-corrected chi connectivity index (χ0v) is 9.01. The fourth-order valence-electron chi connectivity index (χ4n) is 1.43. The predicted molar refractivity (Wildman–Crippen MR) is 57.6 cm³/mol. The van der Waals surface area contributed by atoms with Crippen LogP contribution in [-0.2, 0) is 0 Å². The number of ether oxygens (including phenoxy) is 1. The normalized spacial score (nSPS) is 10.4. The van der Waals surface area contributed by atoms with E-state index in [0.717, 1.165) is 18.2 Å². The minimum Gasteiger partial charge on any atom is -0.451 e. The molecule has 0 atom stereocenters. The van der Waals surface area contributed by atoms with Crippen molar-refractivity contribution in [3.63, 3.8) is 0 Å². The summed E-state index contributed by atoms with van der Waals surface area (Å²) in [5, 5.41) is 0. The predicted octanol–water partition coefficient (Wildman–Crippen LogP) is 4.20. The van der Waals surface area contributed by atoms with Gasteiger partial charge in [-0.3, -0.25) is 0 Å². The van der Waals surface area contributed by atoms with Crippen LogP contribution in [0.5, 0.6) is 11.5 Å². The molecular formula is C13H9F3O. The molecule has 0 fully saturated rings. The molecule has 0 amide bonds. The smallest absolute Gasteiger partial charge is 0.198 e. The van der Waals surface area contributed by atoms with Gasteiger partial charge in [0.2, 0.25) is 0 Å². The standard InChI is InChI=1S/C13H9F3O/c1-8-5-11(15)13(12(16)6-8)17-10-4-2-3-9(14)7-10/h2-7H,1H3. The summed E-state index contributed by atoms with van der Waals surface area (Å²) in [6.45, 7) is 1.57.